The molecule has 0 aliphatic carbocycles. The first kappa shape index (κ1) is 12.7. The number of nitrogens with zero attached hydrogens (tertiary/aromatic N) is 2. The van der Waals surface area contributed by atoms with Gasteiger partial charge in [0.25, 0.3) is 0 Å². The summed E-state index contributed by atoms with van der Waals surface area (Å²) in [5, 5.41) is 0.709. The van der Waals surface area contributed by atoms with E-state index in [4.69, 9.17) is 23.2 Å². The third kappa shape index (κ3) is 2.29. The van der Waals surface area contributed by atoms with E-state index in [2.05, 4.69) is 29.5 Å². The topological polar surface area (TPSA) is 17.8 Å². The quantitative estimate of drug-likeness (QED) is 0.751. The summed E-state index contributed by atoms with van der Waals surface area (Å²) >= 11 is 12.0. The van der Waals surface area contributed by atoms with Crippen LogP contribution in [0.4, 0.5) is 0 Å². The highest BCUT2D eigenvalue weighted by Gasteiger charge is 2.15. The normalized spacial score (nSPS) is 13.2. The molecule has 0 aliphatic rings. The lowest BCUT2D eigenvalue weighted by molar-refractivity contribution is 0.525. The Bertz CT molecular complexity index is 519. The van der Waals surface area contributed by atoms with Gasteiger partial charge >= 0.3 is 0 Å². The van der Waals surface area contributed by atoms with E-state index in [9.17, 15) is 0 Å². The average Bonchev–Trinajstić information content (AvgIpc) is 2.68. The predicted octanol–water partition coefficient (Wildman–Crippen LogP) is 4.44. The first-order chi connectivity index (χ1) is 8.19. The van der Waals surface area contributed by atoms with E-state index in [1.807, 2.05) is 12.1 Å². The van der Waals surface area contributed by atoms with Gasteiger partial charge in [0.2, 0.25) is 0 Å². The number of fused-ring (bicyclic) bond motifs is 1. The molecule has 2 rings (SSSR count). The molecule has 2 aromatic rings. The minimum absolute atomic E-state index is 0.414. The highest BCUT2D eigenvalue weighted by molar-refractivity contribution is 6.34. The molecule has 0 bridgehead atoms. The summed E-state index contributed by atoms with van der Waals surface area (Å²) in [4.78, 5) is 4.62. The molecule has 1 heterocycles. The number of aryl methyl sites for hydroxylation is 1. The van der Waals surface area contributed by atoms with Gasteiger partial charge in [0.05, 0.1) is 10.5 Å². The lowest BCUT2D eigenvalue weighted by Gasteiger charge is -2.15. The number of benzene rings is 1. The van der Waals surface area contributed by atoms with Gasteiger partial charge in [-0.25, -0.2) is 4.98 Å². The number of hydrogen-bond acceptors (Lipinski definition) is 1. The second-order valence-electron chi connectivity index (χ2n) is 4.20. The smallest absolute Gasteiger partial charge is 0.111 e. The average molecular weight is 271 g/mol. The predicted molar refractivity (Wildman–Crippen MR) is 74.2 cm³/mol. The molecule has 92 valence electrons. The second-order valence-corrected chi connectivity index (χ2v) is 4.99. The maximum absolute atomic E-state index is 6.18. The van der Waals surface area contributed by atoms with Crippen molar-refractivity contribution in [2.45, 2.75) is 32.7 Å². The molecule has 1 unspecified atom stereocenters. The third-order valence-electron chi connectivity index (χ3n) is 3.09. The minimum Gasteiger partial charge on any atom is -0.325 e. The van der Waals surface area contributed by atoms with Gasteiger partial charge < -0.3 is 4.57 Å². The Balaban J connectivity index is 2.67. The second kappa shape index (κ2) is 5.28. The van der Waals surface area contributed by atoms with E-state index in [0.717, 1.165) is 29.7 Å². The van der Waals surface area contributed by atoms with Crippen molar-refractivity contribution >= 4 is 34.2 Å². The number of para-hydroxylation sites is 1. The zero-order valence-corrected chi connectivity index (χ0v) is 11.6. The number of alkyl halides is 1. The number of aromatic nitrogens is 2. The van der Waals surface area contributed by atoms with Crippen LogP contribution in [0.2, 0.25) is 5.02 Å². The molecule has 0 fully saturated rings. The molecule has 0 aliphatic heterocycles. The van der Waals surface area contributed by atoms with Gasteiger partial charge in [-0.3, -0.25) is 0 Å². The van der Waals surface area contributed by atoms with E-state index in [-0.39, 0.29) is 0 Å². The largest absolute Gasteiger partial charge is 0.325 e. The van der Waals surface area contributed by atoms with Crippen LogP contribution in [0.1, 0.15) is 32.1 Å². The molecule has 0 radical (unpaired) electrons. The van der Waals surface area contributed by atoms with Crippen molar-refractivity contribution in [2.24, 2.45) is 0 Å². The Kier molecular flexibility index (Phi) is 3.95. The molecule has 2 nitrogen and oxygen atoms in total. The van der Waals surface area contributed by atoms with Gasteiger partial charge in [-0.1, -0.05) is 24.6 Å². The van der Waals surface area contributed by atoms with Crippen molar-refractivity contribution in [3.05, 3.63) is 29.0 Å². The van der Waals surface area contributed by atoms with Gasteiger partial charge in [0.1, 0.15) is 11.3 Å². The van der Waals surface area contributed by atoms with Crippen molar-refractivity contribution in [3.63, 3.8) is 0 Å². The molecular weight excluding hydrogens is 255 g/mol. The molecule has 0 saturated heterocycles. The van der Waals surface area contributed by atoms with Crippen LogP contribution in [0.3, 0.4) is 0 Å². The Labute approximate surface area is 112 Å². The third-order valence-corrected chi connectivity index (χ3v) is 3.59. The zero-order chi connectivity index (χ0) is 12.4. The summed E-state index contributed by atoms with van der Waals surface area (Å²) in [5.74, 6) is 1.61. The van der Waals surface area contributed by atoms with Crippen LogP contribution in [-0.2, 0) is 6.42 Å². The first-order valence-corrected chi connectivity index (χ1v) is 6.81. The van der Waals surface area contributed by atoms with Crippen LogP contribution in [-0.4, -0.2) is 15.4 Å². The van der Waals surface area contributed by atoms with Gasteiger partial charge in [-0.15, -0.1) is 11.6 Å². The summed E-state index contributed by atoms with van der Waals surface area (Å²) in [7, 11) is 0. The highest BCUT2D eigenvalue weighted by Crippen LogP contribution is 2.28. The fourth-order valence-electron chi connectivity index (χ4n) is 2.07. The Morgan fingerprint density at radius 3 is 2.82 bits per heavy atom. The van der Waals surface area contributed by atoms with Crippen molar-refractivity contribution < 1.29 is 0 Å². The van der Waals surface area contributed by atoms with Gasteiger partial charge in [0.15, 0.2) is 0 Å². The number of halogens is 2. The van der Waals surface area contributed by atoms with Crippen LogP contribution in [0.15, 0.2) is 18.2 Å². The van der Waals surface area contributed by atoms with Crippen LogP contribution in [0, 0.1) is 0 Å². The van der Waals surface area contributed by atoms with E-state index in [1.54, 1.807) is 0 Å². The SMILES string of the molecule is CCC(C)n1c(CCCl)nc2c(Cl)cccc21. The zero-order valence-electron chi connectivity index (χ0n) is 10.1. The molecule has 0 amide bonds. The Morgan fingerprint density at radius 1 is 1.41 bits per heavy atom. The summed E-state index contributed by atoms with van der Waals surface area (Å²) in [6.45, 7) is 4.37. The van der Waals surface area contributed by atoms with Crippen LogP contribution in [0.25, 0.3) is 11.0 Å². The molecule has 4 heteroatoms. The fourth-order valence-corrected chi connectivity index (χ4v) is 2.45. The Hall–Kier alpha value is -0.730. The van der Waals surface area contributed by atoms with Crippen molar-refractivity contribution in [2.75, 3.05) is 5.88 Å². The van der Waals surface area contributed by atoms with E-state index >= 15 is 0 Å². The lowest BCUT2D eigenvalue weighted by atomic mass is 10.2. The first-order valence-electron chi connectivity index (χ1n) is 5.90. The highest BCUT2D eigenvalue weighted by atomic mass is 35.5. The number of imidazole rings is 1. The molecule has 1 atom stereocenters. The molecule has 0 spiro atoms. The molecule has 0 saturated carbocycles. The standard InChI is InChI=1S/C13H16Cl2N2/c1-3-9(2)17-11-6-4-5-10(15)13(11)16-12(17)7-8-14/h4-6,9H,3,7-8H2,1-2H3. The number of hydrogen-bond donors (Lipinski definition) is 0. The minimum atomic E-state index is 0.414. The van der Waals surface area contributed by atoms with E-state index in [1.165, 1.54) is 0 Å². The number of rotatable bonds is 4. The summed E-state index contributed by atoms with van der Waals surface area (Å²) in [6.07, 6.45) is 1.84. The molecule has 17 heavy (non-hydrogen) atoms. The monoisotopic (exact) mass is 270 g/mol. The maximum Gasteiger partial charge on any atom is 0.111 e. The van der Waals surface area contributed by atoms with Crippen LogP contribution in [0.5, 0.6) is 0 Å². The summed E-state index contributed by atoms with van der Waals surface area (Å²) < 4.78 is 2.25. The van der Waals surface area contributed by atoms with E-state index < -0.39 is 0 Å². The molecular formula is C13H16Cl2N2. The van der Waals surface area contributed by atoms with Crippen LogP contribution >= 0.6 is 23.2 Å². The van der Waals surface area contributed by atoms with Crippen molar-refractivity contribution in [1.29, 1.82) is 0 Å². The molecule has 1 aromatic carbocycles. The molecule has 1 aromatic heterocycles. The van der Waals surface area contributed by atoms with Gasteiger partial charge in [0, 0.05) is 18.3 Å². The van der Waals surface area contributed by atoms with E-state index in [0.29, 0.717) is 16.9 Å². The lowest BCUT2D eigenvalue weighted by Crippen LogP contribution is -2.09. The fraction of sp³-hybridized carbons (Fsp3) is 0.462. The van der Waals surface area contributed by atoms with Gasteiger partial charge in [-0.2, -0.15) is 0 Å². The van der Waals surface area contributed by atoms with Crippen molar-refractivity contribution in [3.8, 4) is 0 Å². The molecule has 0 N–H and O–H groups in total. The summed E-state index contributed by atoms with van der Waals surface area (Å²) in [5.41, 5.74) is 1.99. The van der Waals surface area contributed by atoms with Gasteiger partial charge in [-0.05, 0) is 25.5 Å². The maximum atomic E-state index is 6.18. The van der Waals surface area contributed by atoms with Crippen molar-refractivity contribution in [1.82, 2.24) is 9.55 Å². The summed E-state index contributed by atoms with van der Waals surface area (Å²) in [6, 6.07) is 6.33. The van der Waals surface area contributed by atoms with Crippen LogP contribution < -0.4 is 0 Å². The Morgan fingerprint density at radius 2 is 2.18 bits per heavy atom.